The van der Waals surface area contributed by atoms with Gasteiger partial charge < -0.3 is 10.2 Å². The average molecular weight is 301 g/mol. The molecule has 0 aromatic carbocycles. The van der Waals surface area contributed by atoms with Gasteiger partial charge in [-0.25, -0.2) is 0 Å². The van der Waals surface area contributed by atoms with Gasteiger partial charge in [-0.15, -0.1) is 11.3 Å². The Hall–Kier alpha value is -0.580. The molecule has 0 radical (unpaired) electrons. The number of amides is 1. The van der Waals surface area contributed by atoms with Gasteiger partial charge in [-0.2, -0.15) is 0 Å². The minimum atomic E-state index is -0.197. The van der Waals surface area contributed by atoms with Gasteiger partial charge in [0.25, 0.3) is 0 Å². The highest BCUT2D eigenvalue weighted by molar-refractivity contribution is 7.16. The molecule has 1 aromatic rings. The number of nitrogens with one attached hydrogen (secondary N) is 1. The number of halogens is 1. The quantitative estimate of drug-likeness (QED) is 0.906. The first-order valence-electron chi connectivity index (χ1n) is 6.85. The van der Waals surface area contributed by atoms with Crippen LogP contribution >= 0.6 is 22.9 Å². The molecule has 1 aromatic heterocycles. The van der Waals surface area contributed by atoms with E-state index in [-0.39, 0.29) is 11.3 Å². The maximum atomic E-state index is 12.8. The SMILES string of the molecule is CCN(Cc1ccc(Cl)s1)C(=O)C1(CC)CCNC1. The summed E-state index contributed by atoms with van der Waals surface area (Å²) in [5.74, 6) is 0.284. The van der Waals surface area contributed by atoms with Crippen LogP contribution in [0.3, 0.4) is 0 Å². The fourth-order valence-electron chi connectivity index (χ4n) is 2.67. The third kappa shape index (κ3) is 3.12. The summed E-state index contributed by atoms with van der Waals surface area (Å²) in [5.41, 5.74) is -0.197. The zero-order valence-corrected chi connectivity index (χ0v) is 13.1. The number of carbonyl (C=O) groups is 1. The molecule has 0 aliphatic carbocycles. The van der Waals surface area contributed by atoms with Crippen molar-refractivity contribution in [2.24, 2.45) is 5.41 Å². The van der Waals surface area contributed by atoms with E-state index in [0.717, 1.165) is 41.7 Å². The van der Waals surface area contributed by atoms with Crippen molar-refractivity contribution in [3.05, 3.63) is 21.3 Å². The van der Waals surface area contributed by atoms with Crippen molar-refractivity contribution in [3.8, 4) is 0 Å². The van der Waals surface area contributed by atoms with E-state index < -0.39 is 0 Å². The van der Waals surface area contributed by atoms with Crippen molar-refractivity contribution < 1.29 is 4.79 Å². The Kier molecular flexibility index (Phi) is 4.87. The number of thiophene rings is 1. The van der Waals surface area contributed by atoms with Crippen LogP contribution in [-0.4, -0.2) is 30.4 Å². The van der Waals surface area contributed by atoms with Crippen LogP contribution in [-0.2, 0) is 11.3 Å². The van der Waals surface area contributed by atoms with E-state index in [1.165, 1.54) is 0 Å². The molecule has 3 nitrogen and oxygen atoms in total. The van der Waals surface area contributed by atoms with Crippen molar-refractivity contribution in [2.75, 3.05) is 19.6 Å². The normalized spacial score (nSPS) is 22.7. The smallest absolute Gasteiger partial charge is 0.230 e. The minimum absolute atomic E-state index is 0.197. The highest BCUT2D eigenvalue weighted by atomic mass is 35.5. The van der Waals surface area contributed by atoms with Gasteiger partial charge in [-0.3, -0.25) is 4.79 Å². The summed E-state index contributed by atoms with van der Waals surface area (Å²) in [6.07, 6.45) is 1.85. The van der Waals surface area contributed by atoms with Gasteiger partial charge in [0.05, 0.1) is 16.3 Å². The Morgan fingerprint density at radius 2 is 2.32 bits per heavy atom. The molecule has 0 bridgehead atoms. The molecule has 1 unspecified atom stereocenters. The van der Waals surface area contributed by atoms with Crippen LogP contribution in [0, 0.1) is 5.41 Å². The van der Waals surface area contributed by atoms with Crippen LogP contribution in [0.5, 0.6) is 0 Å². The first-order valence-corrected chi connectivity index (χ1v) is 8.05. The van der Waals surface area contributed by atoms with Crippen LogP contribution < -0.4 is 5.32 Å². The fraction of sp³-hybridized carbons (Fsp3) is 0.643. The van der Waals surface area contributed by atoms with Crippen molar-refractivity contribution in [1.82, 2.24) is 10.2 Å². The van der Waals surface area contributed by atoms with Crippen molar-refractivity contribution in [3.63, 3.8) is 0 Å². The third-order valence-electron chi connectivity index (χ3n) is 4.02. The van der Waals surface area contributed by atoms with Gasteiger partial charge in [0.15, 0.2) is 0 Å². The van der Waals surface area contributed by atoms with Crippen LogP contribution in [0.25, 0.3) is 0 Å². The van der Waals surface area contributed by atoms with Crippen molar-refractivity contribution in [2.45, 2.75) is 33.2 Å². The predicted molar refractivity (Wildman–Crippen MR) is 80.6 cm³/mol. The number of rotatable bonds is 5. The summed E-state index contributed by atoms with van der Waals surface area (Å²) in [5, 5.41) is 3.33. The Morgan fingerprint density at radius 1 is 1.53 bits per heavy atom. The lowest BCUT2D eigenvalue weighted by atomic mass is 9.82. The van der Waals surface area contributed by atoms with Crippen LogP contribution in [0.4, 0.5) is 0 Å². The molecule has 1 N–H and O–H groups in total. The topological polar surface area (TPSA) is 32.3 Å². The van der Waals surface area contributed by atoms with Crippen molar-refractivity contribution >= 4 is 28.8 Å². The van der Waals surface area contributed by atoms with E-state index in [4.69, 9.17) is 11.6 Å². The lowest BCUT2D eigenvalue weighted by molar-refractivity contribution is -0.141. The zero-order chi connectivity index (χ0) is 13.9. The molecular weight excluding hydrogens is 280 g/mol. The van der Waals surface area contributed by atoms with Gasteiger partial charge >= 0.3 is 0 Å². The highest BCUT2D eigenvalue weighted by Crippen LogP contribution is 2.33. The Morgan fingerprint density at radius 3 is 2.79 bits per heavy atom. The second-order valence-electron chi connectivity index (χ2n) is 5.09. The summed E-state index contributed by atoms with van der Waals surface area (Å²) in [7, 11) is 0. The van der Waals surface area contributed by atoms with Crippen molar-refractivity contribution in [1.29, 1.82) is 0 Å². The van der Waals surface area contributed by atoms with Gasteiger partial charge in [-0.05, 0) is 38.4 Å². The molecule has 5 heteroatoms. The van der Waals surface area contributed by atoms with E-state index in [1.54, 1.807) is 11.3 Å². The molecule has 0 saturated carbocycles. The van der Waals surface area contributed by atoms with Gasteiger partial charge in [-0.1, -0.05) is 18.5 Å². The number of hydrogen-bond donors (Lipinski definition) is 1. The molecule has 19 heavy (non-hydrogen) atoms. The van der Waals surface area contributed by atoms with E-state index in [0.29, 0.717) is 6.54 Å². The van der Waals surface area contributed by atoms with Gasteiger partial charge in [0.1, 0.15) is 0 Å². The monoisotopic (exact) mass is 300 g/mol. The molecular formula is C14H21ClN2OS. The summed E-state index contributed by atoms with van der Waals surface area (Å²) >= 11 is 7.51. The van der Waals surface area contributed by atoms with Gasteiger partial charge in [0, 0.05) is 18.0 Å². The minimum Gasteiger partial charge on any atom is -0.337 e. The molecule has 1 aliphatic heterocycles. The molecule has 2 heterocycles. The summed E-state index contributed by atoms with van der Waals surface area (Å²) < 4.78 is 0.784. The second kappa shape index (κ2) is 6.25. The van der Waals surface area contributed by atoms with E-state index in [9.17, 15) is 4.79 Å². The molecule has 0 spiro atoms. The van der Waals surface area contributed by atoms with Crippen LogP contribution in [0.2, 0.25) is 4.34 Å². The molecule has 1 amide bonds. The number of hydrogen-bond acceptors (Lipinski definition) is 3. The van der Waals surface area contributed by atoms with Crippen LogP contribution in [0.15, 0.2) is 12.1 Å². The second-order valence-corrected chi connectivity index (χ2v) is 6.89. The highest BCUT2D eigenvalue weighted by Gasteiger charge is 2.41. The molecule has 1 aliphatic rings. The summed E-state index contributed by atoms with van der Waals surface area (Å²) in [6.45, 7) is 7.33. The van der Waals surface area contributed by atoms with E-state index >= 15 is 0 Å². The van der Waals surface area contributed by atoms with Crippen LogP contribution in [0.1, 0.15) is 31.6 Å². The van der Waals surface area contributed by atoms with E-state index in [1.807, 2.05) is 24.0 Å². The first-order chi connectivity index (χ1) is 9.11. The Balaban J connectivity index is 2.10. The Bertz CT molecular complexity index is 440. The molecule has 2 rings (SSSR count). The number of nitrogens with zero attached hydrogens (tertiary/aromatic N) is 1. The fourth-order valence-corrected chi connectivity index (χ4v) is 3.77. The third-order valence-corrected chi connectivity index (χ3v) is 5.23. The Labute approximate surface area is 123 Å². The predicted octanol–water partition coefficient (Wildman–Crippen LogP) is 3.14. The number of carbonyl (C=O) groups excluding carboxylic acids is 1. The summed E-state index contributed by atoms with van der Waals surface area (Å²) in [4.78, 5) is 15.9. The van der Waals surface area contributed by atoms with Gasteiger partial charge in [0.2, 0.25) is 5.91 Å². The molecule has 1 fully saturated rings. The largest absolute Gasteiger partial charge is 0.337 e. The average Bonchev–Trinajstić information content (AvgIpc) is 3.05. The zero-order valence-electron chi connectivity index (χ0n) is 11.5. The summed E-state index contributed by atoms with van der Waals surface area (Å²) in [6, 6.07) is 3.90. The van der Waals surface area contributed by atoms with E-state index in [2.05, 4.69) is 12.2 Å². The molecule has 1 saturated heterocycles. The maximum Gasteiger partial charge on any atom is 0.230 e. The first kappa shape index (κ1) is 14.8. The standard InChI is InChI=1S/C14H21ClN2OS/c1-3-14(7-8-16-10-14)13(18)17(4-2)9-11-5-6-12(15)19-11/h5-6,16H,3-4,7-10H2,1-2H3. The lowest BCUT2D eigenvalue weighted by Crippen LogP contribution is -2.44. The molecule has 1 atom stereocenters. The lowest BCUT2D eigenvalue weighted by Gasteiger charge is -2.32. The molecule has 106 valence electrons. The maximum absolute atomic E-state index is 12.8.